The number of halogens is 2. The molecule has 0 aliphatic carbocycles. The van der Waals surface area contributed by atoms with Crippen molar-refractivity contribution < 1.29 is 14.6 Å². The molecular formula is C36H37Cl2N7O3S. The fourth-order valence-corrected chi connectivity index (χ4v) is 7.98. The van der Waals surface area contributed by atoms with Crippen molar-refractivity contribution in [3.8, 4) is 28.3 Å². The van der Waals surface area contributed by atoms with Gasteiger partial charge in [0.1, 0.15) is 10.5 Å². The maximum atomic E-state index is 11.5. The van der Waals surface area contributed by atoms with Crippen LogP contribution in [0.15, 0.2) is 60.8 Å². The number of piperidine rings is 1. The van der Waals surface area contributed by atoms with E-state index in [0.717, 1.165) is 76.4 Å². The number of nitrogens with zero attached hydrogens (tertiary/aromatic N) is 4. The van der Waals surface area contributed by atoms with Crippen molar-refractivity contribution in [1.29, 1.82) is 0 Å². The highest BCUT2D eigenvalue weighted by atomic mass is 35.5. The van der Waals surface area contributed by atoms with Crippen LogP contribution in [0.1, 0.15) is 36.3 Å². The minimum atomic E-state index is -0.205. The number of methoxy groups -OCH3 is 1. The maximum Gasteiger partial charge on any atom is 0.220 e. The number of fused-ring (bicyclic) bond motifs is 1. The van der Waals surface area contributed by atoms with Gasteiger partial charge in [0.2, 0.25) is 11.8 Å². The van der Waals surface area contributed by atoms with Crippen molar-refractivity contribution in [3.63, 3.8) is 0 Å². The Kier molecular flexibility index (Phi) is 10.3. The summed E-state index contributed by atoms with van der Waals surface area (Å²) in [6.07, 6.45) is 4.57. The Morgan fingerprint density at radius 2 is 1.78 bits per heavy atom. The molecule has 254 valence electrons. The van der Waals surface area contributed by atoms with Gasteiger partial charge in [0, 0.05) is 67.1 Å². The monoisotopic (exact) mass is 717 g/mol. The molecule has 13 heteroatoms. The number of likely N-dealkylation sites (tertiary alicyclic amines) is 1. The summed E-state index contributed by atoms with van der Waals surface area (Å²) in [5.74, 6) is 1.24. The van der Waals surface area contributed by atoms with Crippen molar-refractivity contribution in [1.82, 2.24) is 30.5 Å². The fraction of sp³-hybridized carbons (Fsp3) is 0.333. The van der Waals surface area contributed by atoms with E-state index in [4.69, 9.17) is 37.9 Å². The van der Waals surface area contributed by atoms with Crippen molar-refractivity contribution in [2.45, 2.75) is 50.9 Å². The quantitative estimate of drug-likeness (QED) is 0.117. The number of hydrogen-bond donors (Lipinski definition) is 4. The highest BCUT2D eigenvalue weighted by molar-refractivity contribution is 7.18. The summed E-state index contributed by atoms with van der Waals surface area (Å²) in [5, 5.41) is 21.7. The van der Waals surface area contributed by atoms with Crippen LogP contribution in [0.5, 0.6) is 5.88 Å². The lowest BCUT2D eigenvalue weighted by Gasteiger charge is -2.28. The van der Waals surface area contributed by atoms with Crippen LogP contribution in [0.3, 0.4) is 0 Å². The number of hydrogen-bond acceptors (Lipinski definition) is 10. The molecule has 2 fully saturated rings. The van der Waals surface area contributed by atoms with Gasteiger partial charge in [-0.3, -0.25) is 9.69 Å². The SMILES string of the molecule is COc1nc(-c2cccc(-c3cccc(Nc4nccc5sc(CN6CCC(O)CC6)nc45)c3Cl)c2Cl)ccc1CNC[C@H]1CCC(=O)N1. The number of thiazole rings is 1. The van der Waals surface area contributed by atoms with Gasteiger partial charge in [0.05, 0.1) is 45.9 Å². The summed E-state index contributed by atoms with van der Waals surface area (Å²) >= 11 is 15.8. The van der Waals surface area contributed by atoms with Crippen LogP contribution >= 0.6 is 34.5 Å². The summed E-state index contributed by atoms with van der Waals surface area (Å²) in [7, 11) is 1.60. The lowest BCUT2D eigenvalue weighted by Crippen LogP contribution is -2.35. The van der Waals surface area contributed by atoms with Crippen molar-refractivity contribution >= 4 is 62.2 Å². The van der Waals surface area contributed by atoms with Gasteiger partial charge in [0.25, 0.3) is 0 Å². The summed E-state index contributed by atoms with van der Waals surface area (Å²) in [6.45, 7) is 3.71. The van der Waals surface area contributed by atoms with E-state index < -0.39 is 0 Å². The van der Waals surface area contributed by atoms with E-state index >= 15 is 0 Å². The number of amides is 1. The lowest BCUT2D eigenvalue weighted by molar-refractivity contribution is -0.119. The van der Waals surface area contributed by atoms with Gasteiger partial charge in [-0.1, -0.05) is 59.6 Å². The van der Waals surface area contributed by atoms with Gasteiger partial charge in [-0.15, -0.1) is 11.3 Å². The van der Waals surface area contributed by atoms with E-state index in [1.54, 1.807) is 24.6 Å². The van der Waals surface area contributed by atoms with Gasteiger partial charge < -0.3 is 25.8 Å². The zero-order chi connectivity index (χ0) is 33.9. The summed E-state index contributed by atoms with van der Waals surface area (Å²) in [4.78, 5) is 28.2. The van der Waals surface area contributed by atoms with E-state index in [2.05, 4.69) is 25.8 Å². The number of pyridine rings is 2. The van der Waals surface area contributed by atoms with Crippen molar-refractivity contribution in [3.05, 3.63) is 81.4 Å². The second-order valence-corrected chi connectivity index (χ2v) is 14.3. The Labute approximate surface area is 298 Å². The molecule has 0 saturated carbocycles. The van der Waals surface area contributed by atoms with E-state index in [0.29, 0.717) is 52.6 Å². The number of benzene rings is 2. The van der Waals surface area contributed by atoms with Crippen LogP contribution in [-0.2, 0) is 17.9 Å². The third-order valence-electron chi connectivity index (χ3n) is 9.01. The van der Waals surface area contributed by atoms with Crippen LogP contribution < -0.4 is 20.7 Å². The average molecular weight is 719 g/mol. The lowest BCUT2D eigenvalue weighted by atomic mass is 10.00. The van der Waals surface area contributed by atoms with Crippen LogP contribution in [0.25, 0.3) is 32.6 Å². The third-order valence-corrected chi connectivity index (χ3v) is 10.8. The molecule has 0 bridgehead atoms. The van der Waals surface area contributed by atoms with Crippen LogP contribution in [0.4, 0.5) is 11.5 Å². The molecule has 2 aromatic carbocycles. The Morgan fingerprint density at radius 3 is 2.55 bits per heavy atom. The van der Waals surface area contributed by atoms with E-state index in [-0.39, 0.29) is 18.1 Å². The molecule has 5 aromatic rings. The number of rotatable bonds is 11. The molecule has 49 heavy (non-hydrogen) atoms. The van der Waals surface area contributed by atoms with Gasteiger partial charge in [-0.2, -0.15) is 0 Å². The van der Waals surface area contributed by atoms with Crippen LogP contribution in [0.2, 0.25) is 10.0 Å². The number of aromatic nitrogens is 3. The first-order valence-corrected chi connectivity index (χ1v) is 18.0. The number of aliphatic hydroxyl groups is 1. The largest absolute Gasteiger partial charge is 0.481 e. The number of nitrogens with one attached hydrogen (secondary N) is 3. The first kappa shape index (κ1) is 33.6. The third kappa shape index (κ3) is 7.52. The molecule has 5 heterocycles. The molecule has 1 amide bonds. The Bertz CT molecular complexity index is 1980. The second kappa shape index (κ2) is 15.0. The maximum absolute atomic E-state index is 11.5. The van der Waals surface area contributed by atoms with Gasteiger partial charge in [-0.05, 0) is 37.5 Å². The zero-order valence-electron chi connectivity index (χ0n) is 27.0. The standard InChI is InChI=1S/C36H37Cl2N7O3S/c1-48-36-21(18-39-19-22-9-11-30(47)41-22)8-10-27(43-36)26-6-2-4-24(32(26)37)25-5-3-7-28(33(25)38)42-35-34-29(12-15-40-35)49-31(44-34)20-45-16-13-23(46)14-17-45/h2-8,10,12,15,22-23,39,46H,9,11,13-14,16-20H2,1H3,(H,40,42)(H,41,47)/t22-/m1/s1. The molecule has 7 rings (SSSR count). The smallest absolute Gasteiger partial charge is 0.220 e. The molecule has 0 radical (unpaired) electrons. The minimum absolute atomic E-state index is 0.102. The highest BCUT2D eigenvalue weighted by Crippen LogP contribution is 2.42. The molecular weight excluding hydrogens is 681 g/mol. The number of anilines is 2. The number of ether oxygens (including phenoxy) is 1. The average Bonchev–Trinajstić information content (AvgIpc) is 3.73. The highest BCUT2D eigenvalue weighted by Gasteiger charge is 2.22. The molecule has 2 aliphatic rings. The van der Waals surface area contributed by atoms with E-state index in [1.165, 1.54) is 0 Å². The van der Waals surface area contributed by atoms with Gasteiger partial charge >= 0.3 is 0 Å². The first-order chi connectivity index (χ1) is 23.9. The zero-order valence-corrected chi connectivity index (χ0v) is 29.3. The molecule has 3 aromatic heterocycles. The van der Waals surface area contributed by atoms with E-state index in [1.807, 2.05) is 54.6 Å². The number of carbonyl (C=O) groups excluding carboxylic acids is 1. The summed E-state index contributed by atoms with van der Waals surface area (Å²) in [5.41, 5.74) is 5.36. The van der Waals surface area contributed by atoms with Crippen molar-refractivity contribution in [2.75, 3.05) is 32.1 Å². The minimum Gasteiger partial charge on any atom is -0.481 e. The first-order valence-electron chi connectivity index (χ1n) is 16.4. The van der Waals surface area contributed by atoms with Crippen molar-refractivity contribution in [2.24, 2.45) is 0 Å². The van der Waals surface area contributed by atoms with Gasteiger partial charge in [-0.25, -0.2) is 15.0 Å². The van der Waals surface area contributed by atoms with Crippen LogP contribution in [0, 0.1) is 0 Å². The fourth-order valence-electron chi connectivity index (χ4n) is 6.37. The van der Waals surface area contributed by atoms with Crippen LogP contribution in [-0.4, -0.2) is 69.8 Å². The number of carbonyl (C=O) groups is 1. The molecule has 2 aliphatic heterocycles. The van der Waals surface area contributed by atoms with Gasteiger partial charge in [0.15, 0.2) is 5.82 Å². The Morgan fingerprint density at radius 1 is 1.00 bits per heavy atom. The Balaban J connectivity index is 1.10. The topological polar surface area (TPSA) is 125 Å². The molecule has 0 unspecified atom stereocenters. The predicted molar refractivity (Wildman–Crippen MR) is 196 cm³/mol. The molecule has 10 nitrogen and oxygen atoms in total. The molecule has 1 atom stereocenters. The molecule has 4 N–H and O–H groups in total. The normalized spacial score (nSPS) is 17.1. The summed E-state index contributed by atoms with van der Waals surface area (Å²) in [6, 6.07) is 17.6. The second-order valence-electron chi connectivity index (χ2n) is 12.4. The molecule has 2 saturated heterocycles. The number of aliphatic hydroxyl groups excluding tert-OH is 1. The predicted octanol–water partition coefficient (Wildman–Crippen LogP) is 6.80. The molecule has 0 spiro atoms. The van der Waals surface area contributed by atoms with E-state index in [9.17, 15) is 9.90 Å². The Hall–Kier alpha value is -3.84. The summed E-state index contributed by atoms with van der Waals surface area (Å²) < 4.78 is 6.69.